The van der Waals surface area contributed by atoms with E-state index >= 15 is 0 Å². The fraction of sp³-hybridized carbons (Fsp3) is 0.727. The number of quaternary nitrogens is 1. The molecule has 0 N–H and O–H groups in total. The van der Waals surface area contributed by atoms with Crippen LogP contribution in [0.4, 0.5) is 0 Å². The molecule has 0 aromatic rings. The minimum absolute atomic E-state index is 0. The molecular weight excluding hydrogens is 258 g/mol. The minimum Gasteiger partial charge on any atom is -1.00 e. The van der Waals surface area contributed by atoms with E-state index in [4.69, 9.17) is 4.74 Å². The zero-order chi connectivity index (χ0) is 11.4. The SMILES string of the molecule is C=C(C)C(=O)OC(C)[N+](C)(CC)CC.[Br-]. The van der Waals surface area contributed by atoms with Gasteiger partial charge in [-0.3, -0.25) is 4.48 Å². The number of carbonyl (C=O) groups excluding carboxylic acids is 1. The van der Waals surface area contributed by atoms with Gasteiger partial charge in [-0.05, 0) is 20.8 Å². The molecule has 1 unspecified atom stereocenters. The quantitative estimate of drug-likeness (QED) is 0.278. The van der Waals surface area contributed by atoms with Crippen LogP contribution in [0.3, 0.4) is 0 Å². The molecule has 0 rings (SSSR count). The molecule has 0 bridgehead atoms. The lowest BCUT2D eigenvalue weighted by Crippen LogP contribution is -3.00. The Hall–Kier alpha value is -0.350. The predicted molar refractivity (Wildman–Crippen MR) is 57.6 cm³/mol. The van der Waals surface area contributed by atoms with Gasteiger partial charge >= 0.3 is 5.97 Å². The van der Waals surface area contributed by atoms with Gasteiger partial charge in [-0.2, -0.15) is 0 Å². The Morgan fingerprint density at radius 1 is 1.40 bits per heavy atom. The van der Waals surface area contributed by atoms with Gasteiger partial charge in [0.25, 0.3) is 0 Å². The average molecular weight is 280 g/mol. The maximum atomic E-state index is 11.3. The van der Waals surface area contributed by atoms with Crippen LogP contribution < -0.4 is 17.0 Å². The van der Waals surface area contributed by atoms with Crippen LogP contribution >= 0.6 is 0 Å². The highest BCUT2D eigenvalue weighted by Gasteiger charge is 2.28. The molecule has 0 fully saturated rings. The second-order valence-electron chi connectivity index (χ2n) is 3.90. The van der Waals surface area contributed by atoms with Crippen molar-refractivity contribution in [2.24, 2.45) is 0 Å². The molecule has 90 valence electrons. The predicted octanol–water partition coefficient (Wildman–Crippen LogP) is -1.06. The molecule has 4 heteroatoms. The Morgan fingerprint density at radius 2 is 1.80 bits per heavy atom. The van der Waals surface area contributed by atoms with Gasteiger partial charge in [0.05, 0.1) is 20.1 Å². The first kappa shape index (κ1) is 17.1. The zero-order valence-electron chi connectivity index (χ0n) is 10.3. The van der Waals surface area contributed by atoms with Crippen molar-refractivity contribution in [3.63, 3.8) is 0 Å². The van der Waals surface area contributed by atoms with Crippen LogP contribution in [0.15, 0.2) is 12.2 Å². The Labute approximate surface area is 103 Å². The molecule has 0 radical (unpaired) electrons. The summed E-state index contributed by atoms with van der Waals surface area (Å²) < 4.78 is 6.03. The zero-order valence-corrected chi connectivity index (χ0v) is 11.9. The Kier molecular flexibility index (Phi) is 7.97. The van der Waals surface area contributed by atoms with Crippen LogP contribution in [0.2, 0.25) is 0 Å². The smallest absolute Gasteiger partial charge is 0.337 e. The molecule has 3 nitrogen and oxygen atoms in total. The van der Waals surface area contributed by atoms with Crippen LogP contribution in [0.1, 0.15) is 27.7 Å². The Morgan fingerprint density at radius 3 is 2.07 bits per heavy atom. The van der Waals surface area contributed by atoms with Gasteiger partial charge in [0, 0.05) is 12.5 Å². The summed E-state index contributed by atoms with van der Waals surface area (Å²) in [5.74, 6) is -0.302. The number of hydrogen-bond donors (Lipinski definition) is 0. The Balaban J connectivity index is 0. The van der Waals surface area contributed by atoms with E-state index < -0.39 is 0 Å². The number of hydrogen-bond acceptors (Lipinski definition) is 2. The van der Waals surface area contributed by atoms with Crippen LogP contribution in [0.5, 0.6) is 0 Å². The summed E-state index contributed by atoms with van der Waals surface area (Å²) >= 11 is 0. The molecule has 0 heterocycles. The summed E-state index contributed by atoms with van der Waals surface area (Å²) in [7, 11) is 2.08. The number of nitrogens with zero attached hydrogens (tertiary/aromatic N) is 1. The molecule has 0 saturated carbocycles. The molecule has 0 spiro atoms. The van der Waals surface area contributed by atoms with Gasteiger partial charge in [-0.1, -0.05) is 6.58 Å². The van der Waals surface area contributed by atoms with Gasteiger partial charge in [0.15, 0.2) is 0 Å². The lowest BCUT2D eigenvalue weighted by Gasteiger charge is -2.37. The second kappa shape index (κ2) is 7.01. The van der Waals surface area contributed by atoms with Crippen molar-refractivity contribution in [2.75, 3.05) is 20.1 Å². The van der Waals surface area contributed by atoms with Crippen molar-refractivity contribution < 1.29 is 31.0 Å². The minimum atomic E-state index is -0.302. The van der Waals surface area contributed by atoms with E-state index in [1.807, 2.05) is 6.92 Å². The third-order valence-electron chi connectivity index (χ3n) is 2.95. The largest absolute Gasteiger partial charge is 1.00 e. The standard InChI is InChI=1S/C11H22NO2.BrH/c1-7-12(6,8-2)10(5)14-11(13)9(3)4;/h10H,3,7-8H2,1-2,4-6H3;1H/q+1;/p-1. The first-order valence-corrected chi connectivity index (χ1v) is 5.08. The fourth-order valence-electron chi connectivity index (χ4n) is 1.12. The van der Waals surface area contributed by atoms with Crippen LogP contribution in [0, 0.1) is 0 Å². The maximum Gasteiger partial charge on any atom is 0.337 e. The third kappa shape index (κ3) is 4.80. The number of esters is 1. The van der Waals surface area contributed by atoms with Crippen molar-refractivity contribution in [1.29, 1.82) is 0 Å². The van der Waals surface area contributed by atoms with E-state index in [9.17, 15) is 4.79 Å². The summed E-state index contributed by atoms with van der Waals surface area (Å²) in [6.07, 6.45) is -0.116. The van der Waals surface area contributed by atoms with Crippen LogP contribution in [-0.2, 0) is 9.53 Å². The van der Waals surface area contributed by atoms with Crippen LogP contribution in [-0.4, -0.2) is 36.8 Å². The lowest BCUT2D eigenvalue weighted by atomic mass is 10.3. The normalized spacial score (nSPS) is 12.6. The highest BCUT2D eigenvalue weighted by Crippen LogP contribution is 2.12. The number of ether oxygens (including phenoxy) is 1. The van der Waals surface area contributed by atoms with Crippen molar-refractivity contribution in [3.05, 3.63) is 12.2 Å². The van der Waals surface area contributed by atoms with Gasteiger partial charge in [-0.15, -0.1) is 0 Å². The number of halogens is 1. The molecule has 15 heavy (non-hydrogen) atoms. The maximum absolute atomic E-state index is 11.3. The van der Waals surface area contributed by atoms with Crippen LogP contribution in [0.25, 0.3) is 0 Å². The van der Waals surface area contributed by atoms with Gasteiger partial charge < -0.3 is 21.7 Å². The Bertz CT molecular complexity index is 225. The fourth-order valence-corrected chi connectivity index (χ4v) is 1.12. The molecule has 1 atom stereocenters. The van der Waals surface area contributed by atoms with Crippen molar-refractivity contribution in [3.8, 4) is 0 Å². The second-order valence-corrected chi connectivity index (χ2v) is 3.90. The first-order valence-electron chi connectivity index (χ1n) is 5.08. The van der Waals surface area contributed by atoms with E-state index in [1.165, 1.54) is 0 Å². The molecule has 0 aliphatic carbocycles. The monoisotopic (exact) mass is 279 g/mol. The molecular formula is C11H22BrNO2. The van der Waals surface area contributed by atoms with E-state index in [1.54, 1.807) is 6.92 Å². The van der Waals surface area contributed by atoms with E-state index in [0.717, 1.165) is 17.6 Å². The van der Waals surface area contributed by atoms with Gasteiger partial charge in [0.1, 0.15) is 0 Å². The van der Waals surface area contributed by atoms with Crippen molar-refractivity contribution in [2.45, 2.75) is 33.9 Å². The highest BCUT2D eigenvalue weighted by atomic mass is 79.9. The molecule has 0 aliphatic rings. The highest BCUT2D eigenvalue weighted by molar-refractivity contribution is 5.86. The third-order valence-corrected chi connectivity index (χ3v) is 2.95. The average Bonchev–Trinajstić information content (AvgIpc) is 2.16. The van der Waals surface area contributed by atoms with Crippen molar-refractivity contribution >= 4 is 5.97 Å². The summed E-state index contributed by atoms with van der Waals surface area (Å²) in [6, 6.07) is 0. The van der Waals surface area contributed by atoms with E-state index in [-0.39, 0.29) is 29.2 Å². The molecule has 0 amide bonds. The molecule has 0 aliphatic heterocycles. The van der Waals surface area contributed by atoms with Gasteiger partial charge in [0.2, 0.25) is 6.23 Å². The topological polar surface area (TPSA) is 26.3 Å². The van der Waals surface area contributed by atoms with E-state index in [0.29, 0.717) is 5.57 Å². The lowest BCUT2D eigenvalue weighted by molar-refractivity contribution is -0.947. The number of rotatable bonds is 5. The molecule has 0 aromatic heterocycles. The summed E-state index contributed by atoms with van der Waals surface area (Å²) in [5.41, 5.74) is 0.454. The molecule has 0 aromatic carbocycles. The first-order chi connectivity index (χ1) is 6.37. The number of carbonyl (C=O) groups is 1. The summed E-state index contributed by atoms with van der Waals surface area (Å²) in [6.45, 7) is 13.2. The summed E-state index contributed by atoms with van der Waals surface area (Å²) in [5, 5.41) is 0. The molecule has 0 saturated heterocycles. The van der Waals surface area contributed by atoms with Crippen molar-refractivity contribution in [1.82, 2.24) is 0 Å². The van der Waals surface area contributed by atoms with Gasteiger partial charge in [-0.25, -0.2) is 4.79 Å². The summed E-state index contributed by atoms with van der Waals surface area (Å²) in [4.78, 5) is 11.3. The van der Waals surface area contributed by atoms with E-state index in [2.05, 4.69) is 27.5 Å².